The largest absolute Gasteiger partial charge is 0.353 e. The Labute approximate surface area is 91.9 Å². The summed E-state index contributed by atoms with van der Waals surface area (Å²) in [4.78, 5) is 11.1. The van der Waals surface area contributed by atoms with Gasteiger partial charge in [0.25, 0.3) is 5.91 Å². The van der Waals surface area contributed by atoms with Crippen LogP contribution in [0.4, 0.5) is 0 Å². The van der Waals surface area contributed by atoms with Gasteiger partial charge in [-0.1, -0.05) is 13.3 Å². The van der Waals surface area contributed by atoms with Gasteiger partial charge in [-0.2, -0.15) is 0 Å². The summed E-state index contributed by atoms with van der Waals surface area (Å²) in [6.07, 6.45) is 2.09. The average molecular weight is 352 g/mol. The number of amides is 1. The zero-order valence-electron chi connectivity index (χ0n) is 6.16. The molecule has 0 saturated heterocycles. The SMILES string of the molecule is CCCCNC(=O)C(Br)(Br)Br. The molecule has 0 radical (unpaired) electrons. The third-order valence-electron chi connectivity index (χ3n) is 1.07. The Morgan fingerprint density at radius 3 is 2.36 bits per heavy atom. The monoisotopic (exact) mass is 349 g/mol. The number of rotatable bonds is 3. The zero-order chi connectivity index (χ0) is 8.91. The molecular weight excluding hydrogens is 342 g/mol. The first kappa shape index (κ1) is 11.9. The van der Waals surface area contributed by atoms with Crippen LogP contribution in [0.1, 0.15) is 19.8 Å². The van der Waals surface area contributed by atoms with Crippen molar-refractivity contribution in [3.63, 3.8) is 0 Å². The molecule has 2 nitrogen and oxygen atoms in total. The molecule has 11 heavy (non-hydrogen) atoms. The fourth-order valence-corrected chi connectivity index (χ4v) is 0.899. The Hall–Kier alpha value is 0.910. The molecule has 0 aliphatic rings. The van der Waals surface area contributed by atoms with Crippen molar-refractivity contribution in [1.82, 2.24) is 5.32 Å². The summed E-state index contributed by atoms with van der Waals surface area (Å²) in [5.41, 5.74) is 0. The first-order chi connectivity index (χ1) is 4.98. The van der Waals surface area contributed by atoms with Gasteiger partial charge in [-0.25, -0.2) is 0 Å². The maximum absolute atomic E-state index is 11.1. The number of hydrogen-bond acceptors (Lipinski definition) is 1. The number of unbranched alkanes of at least 4 members (excludes halogenated alkanes) is 1. The molecule has 1 N–H and O–H groups in total. The molecule has 0 aliphatic heterocycles. The third-order valence-corrected chi connectivity index (χ3v) is 2.15. The van der Waals surface area contributed by atoms with Crippen LogP contribution in [0, 0.1) is 0 Å². The predicted molar refractivity (Wildman–Crippen MR) is 57.4 cm³/mol. The van der Waals surface area contributed by atoms with E-state index in [1.807, 2.05) is 0 Å². The van der Waals surface area contributed by atoms with Crippen LogP contribution in [-0.4, -0.2) is 14.6 Å². The molecule has 0 bridgehead atoms. The molecular formula is C6H10Br3NO. The summed E-state index contributed by atoms with van der Waals surface area (Å²) in [7, 11) is 0. The van der Waals surface area contributed by atoms with E-state index in [0.29, 0.717) is 0 Å². The molecule has 0 atom stereocenters. The highest BCUT2D eigenvalue weighted by molar-refractivity contribution is 9.40. The Morgan fingerprint density at radius 1 is 1.45 bits per heavy atom. The maximum atomic E-state index is 11.1. The third kappa shape index (κ3) is 6.11. The van der Waals surface area contributed by atoms with Crippen LogP contribution < -0.4 is 5.32 Å². The van der Waals surface area contributed by atoms with Crippen molar-refractivity contribution in [3.8, 4) is 0 Å². The van der Waals surface area contributed by atoms with E-state index in [1.54, 1.807) is 0 Å². The molecule has 5 heteroatoms. The van der Waals surface area contributed by atoms with Crippen LogP contribution in [0.15, 0.2) is 0 Å². The molecule has 0 heterocycles. The van der Waals surface area contributed by atoms with E-state index in [4.69, 9.17) is 0 Å². The Morgan fingerprint density at radius 2 is 2.00 bits per heavy atom. The van der Waals surface area contributed by atoms with Gasteiger partial charge in [0.15, 0.2) is 0 Å². The Bertz CT molecular complexity index is 132. The van der Waals surface area contributed by atoms with Gasteiger partial charge in [-0.05, 0) is 54.2 Å². The van der Waals surface area contributed by atoms with Crippen molar-refractivity contribution in [2.75, 3.05) is 6.54 Å². The number of hydrogen-bond donors (Lipinski definition) is 1. The average Bonchev–Trinajstić information content (AvgIpc) is 1.86. The van der Waals surface area contributed by atoms with E-state index >= 15 is 0 Å². The lowest BCUT2D eigenvalue weighted by atomic mass is 10.3. The van der Waals surface area contributed by atoms with Crippen LogP contribution in [0.25, 0.3) is 0 Å². The molecule has 0 saturated carbocycles. The lowest BCUT2D eigenvalue weighted by Crippen LogP contribution is -2.33. The second kappa shape index (κ2) is 5.54. The van der Waals surface area contributed by atoms with Crippen molar-refractivity contribution < 1.29 is 4.79 Å². The normalized spacial score (nSPS) is 11.3. The second-order valence-electron chi connectivity index (χ2n) is 2.11. The summed E-state index contributed by atoms with van der Waals surface area (Å²) in [5.74, 6) is -0.106. The van der Waals surface area contributed by atoms with Gasteiger partial charge in [0, 0.05) is 6.54 Å². The van der Waals surface area contributed by atoms with Crippen molar-refractivity contribution in [2.45, 2.75) is 21.9 Å². The molecule has 0 rings (SSSR count). The summed E-state index contributed by atoms with van der Waals surface area (Å²) in [6.45, 7) is 2.80. The van der Waals surface area contributed by atoms with E-state index in [1.165, 1.54) is 0 Å². The summed E-state index contributed by atoms with van der Waals surface area (Å²) in [5, 5.41) is 2.74. The number of carbonyl (C=O) groups excluding carboxylic acids is 1. The second-order valence-corrected chi connectivity index (χ2v) is 8.87. The van der Waals surface area contributed by atoms with Crippen molar-refractivity contribution in [3.05, 3.63) is 0 Å². The minimum absolute atomic E-state index is 0.106. The molecule has 0 aromatic heterocycles. The molecule has 0 aromatic rings. The fourth-order valence-electron chi connectivity index (χ4n) is 0.479. The van der Waals surface area contributed by atoms with Gasteiger partial charge in [-0.15, -0.1) is 0 Å². The van der Waals surface area contributed by atoms with E-state index in [0.717, 1.165) is 19.4 Å². The summed E-state index contributed by atoms with van der Waals surface area (Å²) in [6, 6.07) is 0. The summed E-state index contributed by atoms with van der Waals surface area (Å²) < 4.78 is -0.805. The highest BCUT2D eigenvalue weighted by atomic mass is 80.0. The first-order valence-electron chi connectivity index (χ1n) is 3.33. The maximum Gasteiger partial charge on any atom is 0.258 e. The molecule has 0 spiro atoms. The molecule has 66 valence electrons. The van der Waals surface area contributed by atoms with Gasteiger partial charge in [0.05, 0.1) is 0 Å². The van der Waals surface area contributed by atoms with Crippen molar-refractivity contribution in [1.29, 1.82) is 0 Å². The zero-order valence-corrected chi connectivity index (χ0v) is 10.9. The van der Waals surface area contributed by atoms with E-state index in [2.05, 4.69) is 60.0 Å². The summed E-state index contributed by atoms with van der Waals surface area (Å²) >= 11 is 9.35. The highest BCUT2D eigenvalue weighted by Crippen LogP contribution is 2.33. The smallest absolute Gasteiger partial charge is 0.258 e. The Balaban J connectivity index is 3.54. The van der Waals surface area contributed by atoms with E-state index < -0.39 is 2.14 Å². The van der Waals surface area contributed by atoms with Crippen LogP contribution >= 0.6 is 47.8 Å². The predicted octanol–water partition coefficient (Wildman–Crippen LogP) is 2.74. The minimum Gasteiger partial charge on any atom is -0.353 e. The van der Waals surface area contributed by atoms with Gasteiger partial charge in [0.1, 0.15) is 0 Å². The number of alkyl halides is 3. The van der Waals surface area contributed by atoms with Gasteiger partial charge >= 0.3 is 0 Å². The van der Waals surface area contributed by atoms with E-state index in [9.17, 15) is 4.79 Å². The lowest BCUT2D eigenvalue weighted by Gasteiger charge is -2.11. The minimum atomic E-state index is -0.805. The molecule has 0 aliphatic carbocycles. The van der Waals surface area contributed by atoms with Crippen LogP contribution in [-0.2, 0) is 4.79 Å². The number of carbonyl (C=O) groups is 1. The van der Waals surface area contributed by atoms with Crippen LogP contribution in [0.3, 0.4) is 0 Å². The lowest BCUT2D eigenvalue weighted by molar-refractivity contribution is -0.119. The topological polar surface area (TPSA) is 29.1 Å². The van der Waals surface area contributed by atoms with E-state index in [-0.39, 0.29) is 5.91 Å². The number of nitrogens with one attached hydrogen (secondary N) is 1. The van der Waals surface area contributed by atoms with Crippen molar-refractivity contribution >= 4 is 53.7 Å². The molecule has 0 aromatic carbocycles. The van der Waals surface area contributed by atoms with Gasteiger partial charge in [0.2, 0.25) is 2.14 Å². The van der Waals surface area contributed by atoms with Crippen LogP contribution in [0.2, 0.25) is 0 Å². The fraction of sp³-hybridized carbons (Fsp3) is 0.833. The standard InChI is InChI=1S/C6H10Br3NO/c1-2-3-4-10-5(11)6(7,8)9/h2-4H2,1H3,(H,10,11). The Kier molecular flexibility index (Phi) is 6.00. The molecule has 0 fully saturated rings. The first-order valence-corrected chi connectivity index (χ1v) is 5.71. The molecule has 1 amide bonds. The van der Waals surface area contributed by atoms with Gasteiger partial charge in [-0.3, -0.25) is 4.79 Å². The number of halogens is 3. The van der Waals surface area contributed by atoms with Crippen LogP contribution in [0.5, 0.6) is 0 Å². The highest BCUT2D eigenvalue weighted by Gasteiger charge is 2.27. The van der Waals surface area contributed by atoms with Gasteiger partial charge < -0.3 is 5.32 Å². The van der Waals surface area contributed by atoms with Crippen molar-refractivity contribution in [2.24, 2.45) is 0 Å². The molecule has 0 unspecified atom stereocenters. The quantitative estimate of drug-likeness (QED) is 0.615.